The predicted molar refractivity (Wildman–Crippen MR) is 103 cm³/mol. The van der Waals surface area contributed by atoms with Crippen molar-refractivity contribution in [2.75, 3.05) is 11.5 Å². The molecule has 2 heterocycles. The summed E-state index contributed by atoms with van der Waals surface area (Å²) in [5, 5.41) is -0.544. The molecule has 0 spiro atoms. The molecule has 1 unspecified atom stereocenters. The van der Waals surface area contributed by atoms with E-state index in [0.29, 0.717) is 12.4 Å². The monoisotopic (exact) mass is 521 g/mol. The molecule has 0 aliphatic heterocycles. The number of halogens is 6. The van der Waals surface area contributed by atoms with Gasteiger partial charge in [0.15, 0.2) is 24.7 Å². The lowest BCUT2D eigenvalue weighted by Gasteiger charge is -2.23. The van der Waals surface area contributed by atoms with Crippen molar-refractivity contribution in [2.45, 2.75) is 48.6 Å². The Labute approximate surface area is 184 Å². The van der Waals surface area contributed by atoms with E-state index in [-0.39, 0.29) is 4.57 Å². The molecule has 184 valence electrons. The summed E-state index contributed by atoms with van der Waals surface area (Å²) in [6.07, 6.45) is -10.1. The molecular weight excluding hydrogens is 504 g/mol. The van der Waals surface area contributed by atoms with Gasteiger partial charge in [0.2, 0.25) is 0 Å². The van der Waals surface area contributed by atoms with E-state index in [1.54, 1.807) is 0 Å². The first kappa shape index (κ1) is 26.8. The van der Waals surface area contributed by atoms with E-state index in [0.717, 1.165) is 12.1 Å². The molecular formula is C17H17F6N3O5S2. The fourth-order valence-corrected chi connectivity index (χ4v) is 4.39. The first-order chi connectivity index (χ1) is 15.0. The van der Waals surface area contributed by atoms with Gasteiger partial charge in [-0.3, -0.25) is 9.36 Å². The SMILES string of the molecule is CCS(=O)(=O)c1ccc(S(=O)(=O)CC)c(-c2cc(=O)n(CC(F)(F)C(F)C(F)(F)F)cn2)n1. The molecule has 2 rings (SSSR count). The van der Waals surface area contributed by atoms with Gasteiger partial charge >= 0.3 is 12.1 Å². The van der Waals surface area contributed by atoms with Gasteiger partial charge in [-0.25, -0.2) is 40.0 Å². The third-order valence-electron chi connectivity index (χ3n) is 4.41. The van der Waals surface area contributed by atoms with Crippen molar-refractivity contribution in [1.29, 1.82) is 0 Å². The topological polar surface area (TPSA) is 116 Å². The van der Waals surface area contributed by atoms with Crippen molar-refractivity contribution < 1.29 is 43.2 Å². The number of pyridine rings is 1. The number of aromatic nitrogens is 3. The Kier molecular flexibility index (Phi) is 7.33. The van der Waals surface area contributed by atoms with Gasteiger partial charge in [0.1, 0.15) is 5.69 Å². The maximum atomic E-state index is 13.7. The van der Waals surface area contributed by atoms with Crippen LogP contribution >= 0.6 is 0 Å². The molecule has 0 saturated carbocycles. The molecule has 1 atom stereocenters. The van der Waals surface area contributed by atoms with E-state index in [2.05, 4.69) is 9.97 Å². The summed E-state index contributed by atoms with van der Waals surface area (Å²) in [6.45, 7) is 0.570. The Balaban J connectivity index is 2.63. The van der Waals surface area contributed by atoms with E-state index in [9.17, 15) is 48.0 Å². The summed E-state index contributed by atoms with van der Waals surface area (Å²) < 4.78 is 126. The van der Waals surface area contributed by atoms with Crippen molar-refractivity contribution in [3.05, 3.63) is 34.9 Å². The summed E-state index contributed by atoms with van der Waals surface area (Å²) in [6, 6.07) is 2.35. The molecule has 0 N–H and O–H groups in total. The first-order valence-corrected chi connectivity index (χ1v) is 12.4. The van der Waals surface area contributed by atoms with Crippen molar-refractivity contribution in [3.8, 4) is 11.4 Å². The van der Waals surface area contributed by atoms with E-state index in [1.807, 2.05) is 0 Å². The average molecular weight is 521 g/mol. The minimum Gasteiger partial charge on any atom is -0.293 e. The summed E-state index contributed by atoms with van der Waals surface area (Å²) in [7, 11) is -7.95. The van der Waals surface area contributed by atoms with Gasteiger partial charge in [0.25, 0.3) is 11.7 Å². The second-order valence-electron chi connectivity index (χ2n) is 6.71. The van der Waals surface area contributed by atoms with Crippen molar-refractivity contribution in [3.63, 3.8) is 0 Å². The molecule has 0 bridgehead atoms. The normalized spacial score (nSPS) is 14.3. The van der Waals surface area contributed by atoms with E-state index in [1.165, 1.54) is 13.8 Å². The van der Waals surface area contributed by atoms with Gasteiger partial charge in [-0.2, -0.15) is 13.2 Å². The lowest BCUT2D eigenvalue weighted by atomic mass is 10.2. The summed E-state index contributed by atoms with van der Waals surface area (Å²) in [5.41, 5.74) is -2.48. The summed E-state index contributed by atoms with van der Waals surface area (Å²) in [5.74, 6) is -5.84. The van der Waals surface area contributed by atoms with E-state index >= 15 is 0 Å². The zero-order valence-electron chi connectivity index (χ0n) is 17.0. The maximum absolute atomic E-state index is 13.7. The highest BCUT2D eigenvalue weighted by Gasteiger charge is 2.57. The van der Waals surface area contributed by atoms with Crippen LogP contribution in [0.3, 0.4) is 0 Å². The molecule has 0 saturated heterocycles. The molecule has 0 aromatic carbocycles. The minimum atomic E-state index is -5.88. The van der Waals surface area contributed by atoms with Crippen LogP contribution in [0, 0.1) is 0 Å². The van der Waals surface area contributed by atoms with Crippen LogP contribution in [-0.2, 0) is 26.2 Å². The van der Waals surface area contributed by atoms with Gasteiger partial charge in [-0.1, -0.05) is 13.8 Å². The van der Waals surface area contributed by atoms with Gasteiger partial charge < -0.3 is 0 Å². The Morgan fingerprint density at radius 2 is 1.58 bits per heavy atom. The van der Waals surface area contributed by atoms with Gasteiger partial charge in [-0.15, -0.1) is 0 Å². The number of rotatable bonds is 8. The number of alkyl halides is 6. The molecule has 16 heteroatoms. The molecule has 33 heavy (non-hydrogen) atoms. The average Bonchev–Trinajstić information content (AvgIpc) is 2.73. The van der Waals surface area contributed by atoms with Gasteiger partial charge in [0.05, 0.1) is 35.0 Å². The van der Waals surface area contributed by atoms with Crippen LogP contribution in [0.1, 0.15) is 13.8 Å². The number of hydrogen-bond donors (Lipinski definition) is 0. The van der Waals surface area contributed by atoms with Crippen molar-refractivity contribution in [2.24, 2.45) is 0 Å². The molecule has 2 aromatic rings. The Morgan fingerprint density at radius 1 is 1.00 bits per heavy atom. The fraction of sp³-hybridized carbons (Fsp3) is 0.471. The predicted octanol–water partition coefficient (Wildman–Crippen LogP) is 2.43. The largest absolute Gasteiger partial charge is 0.425 e. The minimum absolute atomic E-state index is 0.00243. The van der Waals surface area contributed by atoms with Crippen molar-refractivity contribution >= 4 is 19.7 Å². The number of hydrogen-bond acceptors (Lipinski definition) is 7. The second kappa shape index (κ2) is 9.04. The van der Waals surface area contributed by atoms with Crippen LogP contribution in [0.25, 0.3) is 11.4 Å². The third-order valence-corrected chi connectivity index (χ3v) is 7.79. The quantitative estimate of drug-likeness (QED) is 0.490. The fourth-order valence-electron chi connectivity index (χ4n) is 2.56. The zero-order valence-corrected chi connectivity index (χ0v) is 18.6. The molecule has 0 amide bonds. The second-order valence-corrected chi connectivity index (χ2v) is 11.2. The molecule has 0 aliphatic rings. The van der Waals surface area contributed by atoms with Gasteiger partial charge in [0, 0.05) is 6.07 Å². The van der Waals surface area contributed by atoms with Crippen molar-refractivity contribution in [1.82, 2.24) is 14.5 Å². The van der Waals surface area contributed by atoms with Crippen LogP contribution in [0.15, 0.2) is 39.2 Å². The highest BCUT2D eigenvalue weighted by molar-refractivity contribution is 7.91. The molecule has 0 aliphatic carbocycles. The Morgan fingerprint density at radius 3 is 2.06 bits per heavy atom. The highest BCUT2D eigenvalue weighted by atomic mass is 32.2. The smallest absolute Gasteiger partial charge is 0.293 e. The first-order valence-electron chi connectivity index (χ1n) is 9.08. The summed E-state index contributed by atoms with van der Waals surface area (Å²) in [4.78, 5) is 19.1. The van der Waals surface area contributed by atoms with E-state index in [4.69, 9.17) is 0 Å². The van der Waals surface area contributed by atoms with Crippen LogP contribution in [0.2, 0.25) is 0 Å². The standard InChI is InChI=1S/C17H17F6N3O5S2/c1-3-32(28,29)11-5-6-12(33(30,31)4-2)25-14(11)10-7-13(27)26(9-24-10)8-16(19,20)15(18)17(21,22)23/h5-7,9,15H,3-4,8H2,1-2H3. The van der Waals surface area contributed by atoms with Crippen LogP contribution in [0.4, 0.5) is 26.3 Å². The highest BCUT2D eigenvalue weighted by Crippen LogP contribution is 2.35. The Hall–Kier alpha value is -2.49. The Bertz CT molecular complexity index is 1310. The van der Waals surface area contributed by atoms with Crippen LogP contribution in [-0.4, -0.2) is 61.1 Å². The zero-order chi connectivity index (χ0) is 25.4. The van der Waals surface area contributed by atoms with Gasteiger partial charge in [-0.05, 0) is 12.1 Å². The molecule has 8 nitrogen and oxygen atoms in total. The number of nitrogens with zero attached hydrogens (tertiary/aromatic N) is 3. The van der Waals surface area contributed by atoms with Crippen LogP contribution in [0.5, 0.6) is 0 Å². The maximum Gasteiger partial charge on any atom is 0.425 e. The lowest BCUT2D eigenvalue weighted by Crippen LogP contribution is -2.46. The lowest BCUT2D eigenvalue weighted by molar-refractivity contribution is -0.247. The third kappa shape index (κ3) is 5.72. The number of sulfone groups is 2. The molecule has 0 fully saturated rings. The van der Waals surface area contributed by atoms with E-state index < -0.39 is 82.9 Å². The molecule has 2 aromatic heterocycles. The summed E-state index contributed by atoms with van der Waals surface area (Å²) >= 11 is 0. The molecule has 0 radical (unpaired) electrons. The van der Waals surface area contributed by atoms with Crippen LogP contribution < -0.4 is 5.56 Å².